The third-order valence-electron chi connectivity index (χ3n) is 5.89. The number of ether oxygens (including phenoxy) is 1. The lowest BCUT2D eigenvalue weighted by molar-refractivity contribution is 0.0910. The van der Waals surface area contributed by atoms with E-state index in [1.165, 1.54) is 4.57 Å². The van der Waals surface area contributed by atoms with Crippen molar-refractivity contribution in [3.63, 3.8) is 0 Å². The van der Waals surface area contributed by atoms with Crippen molar-refractivity contribution in [2.75, 3.05) is 11.9 Å². The van der Waals surface area contributed by atoms with Crippen molar-refractivity contribution in [2.45, 2.75) is 40.5 Å². The predicted octanol–water partition coefficient (Wildman–Crippen LogP) is 4.95. The smallest absolute Gasteiger partial charge is 0.268 e. The number of nitrogens with zero attached hydrogens (tertiary/aromatic N) is 1. The molecule has 1 N–H and O–H groups in total. The molecular formula is C27H28N2O4. The molecule has 0 fully saturated rings. The van der Waals surface area contributed by atoms with Crippen molar-refractivity contribution in [3.8, 4) is 11.4 Å². The molecule has 0 radical (unpaired) electrons. The Hall–Kier alpha value is -3.67. The van der Waals surface area contributed by atoms with Crippen molar-refractivity contribution in [3.05, 3.63) is 87.3 Å². The zero-order valence-corrected chi connectivity index (χ0v) is 19.4. The van der Waals surface area contributed by atoms with Crippen LogP contribution < -0.4 is 15.6 Å². The van der Waals surface area contributed by atoms with E-state index in [1.54, 1.807) is 24.4 Å². The fourth-order valence-corrected chi connectivity index (χ4v) is 4.31. The molecule has 1 aromatic heterocycles. The quantitative estimate of drug-likeness (QED) is 0.604. The van der Waals surface area contributed by atoms with Crippen LogP contribution in [0.15, 0.2) is 59.5 Å². The summed E-state index contributed by atoms with van der Waals surface area (Å²) < 4.78 is 7.02. The fraction of sp³-hybridized carbons (Fsp3) is 0.296. The molecule has 1 aliphatic rings. The Labute approximate surface area is 193 Å². The maximum absolute atomic E-state index is 13.6. The Morgan fingerprint density at radius 2 is 1.76 bits per heavy atom. The van der Waals surface area contributed by atoms with Gasteiger partial charge < -0.3 is 10.1 Å². The Bertz CT molecular complexity index is 1290. The third kappa shape index (κ3) is 4.46. The van der Waals surface area contributed by atoms with Gasteiger partial charge in [0.25, 0.3) is 11.5 Å². The highest BCUT2D eigenvalue weighted by molar-refractivity contribution is 6.09. The number of para-hydroxylation sites is 2. The van der Waals surface area contributed by atoms with Crippen LogP contribution >= 0.6 is 0 Å². The van der Waals surface area contributed by atoms with Crippen molar-refractivity contribution < 1.29 is 14.3 Å². The number of ketones is 1. The largest absolute Gasteiger partial charge is 0.492 e. The number of rotatable bonds is 5. The molecule has 0 saturated carbocycles. The van der Waals surface area contributed by atoms with E-state index >= 15 is 0 Å². The van der Waals surface area contributed by atoms with Crippen LogP contribution in [0.3, 0.4) is 0 Å². The number of Topliss-reactive ketones (excluding diaryl/α,β-unsaturated/α-hetero) is 1. The minimum atomic E-state index is -0.546. The van der Waals surface area contributed by atoms with Crippen LogP contribution in [0.5, 0.6) is 5.75 Å². The van der Waals surface area contributed by atoms with Gasteiger partial charge in [-0.25, -0.2) is 0 Å². The van der Waals surface area contributed by atoms with E-state index in [9.17, 15) is 14.4 Å². The van der Waals surface area contributed by atoms with Gasteiger partial charge in [-0.15, -0.1) is 0 Å². The van der Waals surface area contributed by atoms with Gasteiger partial charge >= 0.3 is 0 Å². The molecule has 2 aromatic carbocycles. The molecule has 0 atom stereocenters. The standard InChI is InChI=1S/C27H28N2O4/c1-5-33-23-9-7-6-8-21(23)28-25(31)24-19-14-27(3,4)15-22(30)20(19)16-29(26(24)32)18-12-10-17(2)11-13-18/h6-13,16H,5,14-15H2,1-4H3,(H,28,31). The van der Waals surface area contributed by atoms with Crippen molar-refractivity contribution in [1.29, 1.82) is 0 Å². The summed E-state index contributed by atoms with van der Waals surface area (Å²) in [6, 6.07) is 14.5. The van der Waals surface area contributed by atoms with E-state index in [1.807, 2.05) is 58.0 Å². The number of aromatic nitrogens is 1. The lowest BCUT2D eigenvalue weighted by Crippen LogP contribution is -2.37. The highest BCUT2D eigenvalue weighted by atomic mass is 16.5. The minimum Gasteiger partial charge on any atom is -0.492 e. The number of fused-ring (bicyclic) bond motifs is 1. The van der Waals surface area contributed by atoms with Gasteiger partial charge in [-0.1, -0.05) is 43.7 Å². The molecule has 4 rings (SSSR count). The van der Waals surface area contributed by atoms with Crippen LogP contribution in [0.1, 0.15) is 59.0 Å². The van der Waals surface area contributed by atoms with Crippen molar-refractivity contribution >= 4 is 17.4 Å². The fourth-order valence-electron chi connectivity index (χ4n) is 4.31. The van der Waals surface area contributed by atoms with E-state index in [-0.39, 0.29) is 16.8 Å². The molecule has 1 heterocycles. The second-order valence-corrected chi connectivity index (χ2v) is 9.23. The summed E-state index contributed by atoms with van der Waals surface area (Å²) in [6.07, 6.45) is 2.42. The number of nitrogens with one attached hydrogen (secondary N) is 1. The summed E-state index contributed by atoms with van der Waals surface area (Å²) in [7, 11) is 0. The number of hydrogen-bond donors (Lipinski definition) is 1. The Kier molecular flexibility index (Phi) is 5.93. The number of carbonyl (C=O) groups excluding carboxylic acids is 2. The summed E-state index contributed by atoms with van der Waals surface area (Å²) >= 11 is 0. The van der Waals surface area contributed by atoms with E-state index in [0.29, 0.717) is 47.7 Å². The van der Waals surface area contributed by atoms with Gasteiger partial charge in [0.2, 0.25) is 0 Å². The summed E-state index contributed by atoms with van der Waals surface area (Å²) in [5.74, 6) is -0.0883. The molecule has 1 amide bonds. The molecule has 170 valence electrons. The Morgan fingerprint density at radius 1 is 1.06 bits per heavy atom. The number of pyridine rings is 1. The SMILES string of the molecule is CCOc1ccccc1NC(=O)c1c2c(cn(-c3ccc(C)cc3)c1=O)C(=O)CC(C)(C)C2. The first kappa shape index (κ1) is 22.5. The molecule has 6 nitrogen and oxygen atoms in total. The molecule has 6 heteroatoms. The van der Waals surface area contributed by atoms with Gasteiger partial charge in [-0.2, -0.15) is 0 Å². The second-order valence-electron chi connectivity index (χ2n) is 9.23. The van der Waals surface area contributed by atoms with Gasteiger partial charge in [0, 0.05) is 23.9 Å². The first-order chi connectivity index (χ1) is 15.7. The molecule has 0 saturated heterocycles. The molecule has 0 spiro atoms. The highest BCUT2D eigenvalue weighted by Gasteiger charge is 2.36. The lowest BCUT2D eigenvalue weighted by atomic mass is 9.73. The van der Waals surface area contributed by atoms with Crippen LogP contribution in [0, 0.1) is 12.3 Å². The number of hydrogen-bond acceptors (Lipinski definition) is 4. The first-order valence-corrected chi connectivity index (χ1v) is 11.1. The topological polar surface area (TPSA) is 77.4 Å². The minimum absolute atomic E-state index is 0.000464. The molecule has 1 aliphatic carbocycles. The molecule has 33 heavy (non-hydrogen) atoms. The first-order valence-electron chi connectivity index (χ1n) is 11.1. The van der Waals surface area contributed by atoms with E-state index in [2.05, 4.69) is 5.32 Å². The Morgan fingerprint density at radius 3 is 2.45 bits per heavy atom. The van der Waals surface area contributed by atoms with Gasteiger partial charge in [-0.3, -0.25) is 19.0 Å². The van der Waals surface area contributed by atoms with Crippen LogP contribution in [0.4, 0.5) is 5.69 Å². The number of anilines is 1. The second kappa shape index (κ2) is 8.70. The van der Waals surface area contributed by atoms with Gasteiger partial charge in [-0.05, 0) is 55.5 Å². The van der Waals surface area contributed by atoms with Crippen LogP contribution in [0.2, 0.25) is 0 Å². The predicted molar refractivity (Wildman–Crippen MR) is 129 cm³/mol. The third-order valence-corrected chi connectivity index (χ3v) is 5.89. The summed E-state index contributed by atoms with van der Waals surface area (Å²) in [6.45, 7) is 8.22. The van der Waals surface area contributed by atoms with Crippen molar-refractivity contribution in [2.24, 2.45) is 5.41 Å². The summed E-state index contributed by atoms with van der Waals surface area (Å²) in [5.41, 5.74) is 2.28. The zero-order valence-electron chi connectivity index (χ0n) is 19.4. The lowest BCUT2D eigenvalue weighted by Gasteiger charge is -2.31. The molecule has 0 unspecified atom stereocenters. The normalized spacial score (nSPS) is 14.5. The molecule has 0 aliphatic heterocycles. The van der Waals surface area contributed by atoms with Crippen LogP contribution in [-0.4, -0.2) is 22.9 Å². The van der Waals surface area contributed by atoms with Gasteiger partial charge in [0.05, 0.1) is 12.3 Å². The summed E-state index contributed by atoms with van der Waals surface area (Å²) in [5, 5.41) is 2.84. The van der Waals surface area contributed by atoms with E-state index in [4.69, 9.17) is 4.74 Å². The highest BCUT2D eigenvalue weighted by Crippen LogP contribution is 2.36. The number of benzene rings is 2. The van der Waals surface area contributed by atoms with Gasteiger partial charge in [0.15, 0.2) is 5.78 Å². The summed E-state index contributed by atoms with van der Waals surface area (Å²) in [4.78, 5) is 40.2. The zero-order chi connectivity index (χ0) is 23.8. The van der Waals surface area contributed by atoms with E-state index < -0.39 is 11.5 Å². The van der Waals surface area contributed by atoms with Crippen LogP contribution in [-0.2, 0) is 6.42 Å². The molecule has 3 aromatic rings. The van der Waals surface area contributed by atoms with Crippen molar-refractivity contribution in [1.82, 2.24) is 4.57 Å². The average molecular weight is 445 g/mol. The monoisotopic (exact) mass is 444 g/mol. The molecular weight excluding hydrogens is 416 g/mol. The number of carbonyl (C=O) groups is 2. The van der Waals surface area contributed by atoms with E-state index in [0.717, 1.165) is 5.56 Å². The Balaban J connectivity index is 1.89. The maximum Gasteiger partial charge on any atom is 0.268 e. The average Bonchev–Trinajstić information content (AvgIpc) is 2.75. The van der Waals surface area contributed by atoms with Gasteiger partial charge in [0.1, 0.15) is 11.3 Å². The number of aryl methyl sites for hydroxylation is 1. The maximum atomic E-state index is 13.6. The van der Waals surface area contributed by atoms with Crippen LogP contribution in [0.25, 0.3) is 5.69 Å². The molecule has 0 bridgehead atoms. The number of amides is 1.